The maximum Gasteiger partial charge on any atom is 0.330 e. The molecule has 0 aromatic heterocycles. The van der Waals surface area contributed by atoms with E-state index in [1.807, 2.05) is 0 Å². The number of hydrogen-bond donors (Lipinski definition) is 4. The minimum absolute atomic E-state index is 0.142. The van der Waals surface area contributed by atoms with Crippen molar-refractivity contribution in [1.82, 2.24) is 5.32 Å². The van der Waals surface area contributed by atoms with Crippen LogP contribution in [0.4, 0.5) is 0 Å². The highest BCUT2D eigenvalue weighted by molar-refractivity contribution is 5.97. The lowest BCUT2D eigenvalue weighted by atomic mass is 9.95. The standard InChI is InChI=1S/C20H24N2O5/c1-20(2,21)17(19(26)27-3)22-18(25)15-11-9-14(10-12-15)7-5-4-6-8-16(24)13-23/h9-12,16-17,23-24H,8,13,21H2,1-3H3,(H,22,25)/t16?,17-/m1/s1. The normalized spacial score (nSPS) is 12.5. The molecular formula is C20H24N2O5. The fraction of sp³-hybridized carbons (Fsp3) is 0.400. The number of carbonyl (C=O) groups excluding carboxylic acids is 2. The van der Waals surface area contributed by atoms with Gasteiger partial charge in [0.2, 0.25) is 0 Å². The van der Waals surface area contributed by atoms with Crippen molar-refractivity contribution in [2.24, 2.45) is 5.73 Å². The van der Waals surface area contributed by atoms with Crippen molar-refractivity contribution in [2.45, 2.75) is 38.0 Å². The third-order valence-corrected chi connectivity index (χ3v) is 3.51. The van der Waals surface area contributed by atoms with Crippen LogP contribution in [0, 0.1) is 23.7 Å². The molecule has 0 saturated heterocycles. The minimum Gasteiger partial charge on any atom is -0.467 e. The van der Waals surface area contributed by atoms with Gasteiger partial charge in [0, 0.05) is 23.1 Å². The van der Waals surface area contributed by atoms with Crippen molar-refractivity contribution in [2.75, 3.05) is 13.7 Å². The van der Waals surface area contributed by atoms with Gasteiger partial charge in [-0.05, 0) is 50.0 Å². The molecule has 0 spiro atoms. The second-order valence-corrected chi connectivity index (χ2v) is 6.42. The molecule has 144 valence electrons. The van der Waals surface area contributed by atoms with E-state index in [-0.39, 0.29) is 13.0 Å². The molecule has 0 bridgehead atoms. The summed E-state index contributed by atoms with van der Waals surface area (Å²) >= 11 is 0. The fourth-order valence-electron chi connectivity index (χ4n) is 1.97. The first-order valence-corrected chi connectivity index (χ1v) is 8.24. The Morgan fingerprint density at radius 2 is 1.89 bits per heavy atom. The molecule has 0 fully saturated rings. The zero-order valence-corrected chi connectivity index (χ0v) is 15.6. The van der Waals surface area contributed by atoms with Gasteiger partial charge in [-0.15, -0.1) is 0 Å². The Kier molecular flexibility index (Phi) is 8.50. The molecule has 1 aromatic rings. The maximum atomic E-state index is 12.3. The first-order chi connectivity index (χ1) is 12.7. The van der Waals surface area contributed by atoms with Crippen LogP contribution in [-0.2, 0) is 9.53 Å². The van der Waals surface area contributed by atoms with Crippen LogP contribution < -0.4 is 11.1 Å². The van der Waals surface area contributed by atoms with Crippen molar-refractivity contribution in [3.8, 4) is 23.7 Å². The van der Waals surface area contributed by atoms with E-state index < -0.39 is 29.6 Å². The Morgan fingerprint density at radius 3 is 2.41 bits per heavy atom. The van der Waals surface area contributed by atoms with E-state index in [9.17, 15) is 9.59 Å². The summed E-state index contributed by atoms with van der Waals surface area (Å²) < 4.78 is 4.69. The zero-order valence-electron chi connectivity index (χ0n) is 15.6. The van der Waals surface area contributed by atoms with E-state index in [0.717, 1.165) is 0 Å². The first-order valence-electron chi connectivity index (χ1n) is 8.24. The Labute approximate surface area is 158 Å². The predicted octanol–water partition coefficient (Wildman–Crippen LogP) is -0.206. The molecule has 27 heavy (non-hydrogen) atoms. The lowest BCUT2D eigenvalue weighted by Crippen LogP contribution is -2.59. The molecule has 1 aromatic carbocycles. The van der Waals surface area contributed by atoms with Crippen molar-refractivity contribution in [3.05, 3.63) is 35.4 Å². The van der Waals surface area contributed by atoms with Crippen molar-refractivity contribution in [3.63, 3.8) is 0 Å². The second kappa shape index (κ2) is 10.3. The topological polar surface area (TPSA) is 122 Å². The van der Waals surface area contributed by atoms with Gasteiger partial charge in [-0.1, -0.05) is 11.8 Å². The largest absolute Gasteiger partial charge is 0.467 e. The highest BCUT2D eigenvalue weighted by Crippen LogP contribution is 2.10. The highest BCUT2D eigenvalue weighted by Gasteiger charge is 2.34. The Balaban J connectivity index is 2.78. The summed E-state index contributed by atoms with van der Waals surface area (Å²) in [5.74, 6) is 9.55. The molecule has 5 N–H and O–H groups in total. The van der Waals surface area contributed by atoms with Gasteiger partial charge in [-0.3, -0.25) is 4.79 Å². The molecule has 0 saturated carbocycles. The number of hydrogen-bond acceptors (Lipinski definition) is 6. The predicted molar refractivity (Wildman–Crippen MR) is 100 cm³/mol. The van der Waals surface area contributed by atoms with Crippen LogP contribution in [0.3, 0.4) is 0 Å². The second-order valence-electron chi connectivity index (χ2n) is 6.42. The molecule has 7 heteroatoms. The van der Waals surface area contributed by atoms with Crippen LogP contribution in [0.25, 0.3) is 0 Å². The number of amides is 1. The summed E-state index contributed by atoms with van der Waals surface area (Å²) in [7, 11) is 1.23. The number of carbonyl (C=O) groups is 2. The van der Waals surface area contributed by atoms with Crippen molar-refractivity contribution >= 4 is 11.9 Å². The number of benzene rings is 1. The number of nitrogens with two attached hydrogens (primary N) is 1. The number of methoxy groups -OCH3 is 1. The minimum atomic E-state index is -0.990. The third-order valence-electron chi connectivity index (χ3n) is 3.51. The van der Waals surface area contributed by atoms with E-state index in [1.165, 1.54) is 7.11 Å². The first kappa shape index (κ1) is 22.2. The van der Waals surface area contributed by atoms with Crippen LogP contribution in [0.2, 0.25) is 0 Å². The van der Waals surface area contributed by atoms with E-state index in [4.69, 9.17) is 15.9 Å². The zero-order chi connectivity index (χ0) is 20.4. The molecule has 7 nitrogen and oxygen atoms in total. The van der Waals surface area contributed by atoms with Gasteiger partial charge in [0.1, 0.15) is 6.04 Å². The van der Waals surface area contributed by atoms with Gasteiger partial charge in [0.15, 0.2) is 0 Å². The van der Waals surface area contributed by atoms with Crippen LogP contribution >= 0.6 is 0 Å². The van der Waals surface area contributed by atoms with Crippen molar-refractivity contribution in [1.29, 1.82) is 0 Å². The molecule has 0 heterocycles. The van der Waals surface area contributed by atoms with Crippen LogP contribution in [-0.4, -0.2) is 53.5 Å². The summed E-state index contributed by atoms with van der Waals surface area (Å²) in [5, 5.41) is 20.4. The molecule has 2 atom stereocenters. The maximum absolute atomic E-state index is 12.3. The molecule has 0 aliphatic carbocycles. The van der Waals surface area contributed by atoms with Crippen LogP contribution in [0.5, 0.6) is 0 Å². The summed E-state index contributed by atoms with van der Waals surface area (Å²) in [5.41, 5.74) is 5.94. The van der Waals surface area contributed by atoms with Gasteiger partial charge in [-0.25, -0.2) is 4.79 Å². The van der Waals surface area contributed by atoms with E-state index >= 15 is 0 Å². The fourth-order valence-corrected chi connectivity index (χ4v) is 1.97. The van der Waals surface area contributed by atoms with Gasteiger partial charge in [0.05, 0.1) is 19.8 Å². The lowest BCUT2D eigenvalue weighted by molar-refractivity contribution is -0.144. The summed E-state index contributed by atoms with van der Waals surface area (Å²) in [6.07, 6.45) is -0.729. The van der Waals surface area contributed by atoms with E-state index in [1.54, 1.807) is 38.1 Å². The number of nitrogens with one attached hydrogen (secondary N) is 1. The molecule has 0 aliphatic rings. The van der Waals surface area contributed by atoms with Gasteiger partial charge in [0.25, 0.3) is 5.91 Å². The molecule has 1 unspecified atom stereocenters. The Bertz CT molecular complexity index is 773. The van der Waals surface area contributed by atoms with E-state index in [0.29, 0.717) is 11.1 Å². The smallest absolute Gasteiger partial charge is 0.330 e. The number of ether oxygens (including phenoxy) is 1. The highest BCUT2D eigenvalue weighted by atomic mass is 16.5. The molecule has 0 aliphatic heterocycles. The molecule has 1 rings (SSSR count). The van der Waals surface area contributed by atoms with Gasteiger partial charge in [-0.2, -0.15) is 0 Å². The average molecular weight is 372 g/mol. The molecule has 1 amide bonds. The number of rotatable bonds is 6. The summed E-state index contributed by atoms with van der Waals surface area (Å²) in [6.45, 7) is 2.89. The average Bonchev–Trinajstić information content (AvgIpc) is 2.64. The van der Waals surface area contributed by atoms with E-state index in [2.05, 4.69) is 33.7 Å². The van der Waals surface area contributed by atoms with Crippen LogP contribution in [0.1, 0.15) is 36.2 Å². The quantitative estimate of drug-likeness (QED) is 0.405. The third kappa shape index (κ3) is 7.51. The summed E-state index contributed by atoms with van der Waals surface area (Å²) in [6, 6.07) is 5.44. The monoisotopic (exact) mass is 372 g/mol. The van der Waals surface area contributed by atoms with Gasteiger partial charge < -0.3 is 26.0 Å². The molecular weight excluding hydrogens is 348 g/mol. The SMILES string of the molecule is COC(=O)[C@@H](NC(=O)c1ccc(C#CC#CCC(O)CO)cc1)C(C)(C)N. The van der Waals surface area contributed by atoms with Crippen molar-refractivity contribution < 1.29 is 24.5 Å². The Hall–Kier alpha value is -2.84. The lowest BCUT2D eigenvalue weighted by Gasteiger charge is -2.28. The molecule has 0 radical (unpaired) electrons. The van der Waals surface area contributed by atoms with Gasteiger partial charge >= 0.3 is 5.97 Å². The number of aliphatic hydroxyl groups is 2. The number of esters is 1. The summed E-state index contributed by atoms with van der Waals surface area (Å²) in [4.78, 5) is 24.2. The Morgan fingerprint density at radius 1 is 1.26 bits per heavy atom. The number of aliphatic hydroxyl groups excluding tert-OH is 2. The van der Waals surface area contributed by atoms with Crippen LogP contribution in [0.15, 0.2) is 24.3 Å².